The summed E-state index contributed by atoms with van der Waals surface area (Å²) in [5.74, 6) is 0. The molecule has 2 nitrogen and oxygen atoms in total. The van der Waals surface area contributed by atoms with E-state index < -0.39 is 0 Å². The number of rotatable bonds is 6. The van der Waals surface area contributed by atoms with Gasteiger partial charge in [0.25, 0.3) is 0 Å². The predicted octanol–water partition coefficient (Wildman–Crippen LogP) is 15.7. The molecule has 2 heterocycles. The summed E-state index contributed by atoms with van der Waals surface area (Å²) in [6.45, 7) is 0. The molecule has 0 radical (unpaired) electrons. The molecule has 0 aliphatic heterocycles. The molecule has 0 amide bonds. The monoisotopic (exact) mass is 762 g/mol. The lowest BCUT2D eigenvalue weighted by Gasteiger charge is -2.14. The maximum atomic E-state index is 2.43. The third kappa shape index (κ3) is 5.50. The van der Waals surface area contributed by atoms with E-state index in [1.165, 1.54) is 98.9 Å². The van der Waals surface area contributed by atoms with Crippen molar-refractivity contribution in [2.24, 2.45) is 0 Å². The van der Waals surface area contributed by atoms with Crippen LogP contribution >= 0.6 is 0 Å². The van der Waals surface area contributed by atoms with Crippen LogP contribution < -0.4 is 0 Å². The summed E-state index contributed by atoms with van der Waals surface area (Å²) in [6.07, 6.45) is 0. The molecule has 0 N–H and O–H groups in total. The molecule has 12 rings (SSSR count). The SMILES string of the molecule is c1ccc(-c2cccc(-n3c4ccccc4c4ccc(-c5cccc6c(-c7ccc8c9ccccc9n(-c9cccc(-c%10ccccc%10)c9)c8c7)cccc56)cc43)c2)cc1. The van der Waals surface area contributed by atoms with Gasteiger partial charge in [-0.05, 0) is 104 Å². The van der Waals surface area contributed by atoms with Crippen LogP contribution in [0.4, 0.5) is 0 Å². The zero-order chi connectivity index (χ0) is 39.6. The maximum Gasteiger partial charge on any atom is 0.0547 e. The number of para-hydroxylation sites is 2. The van der Waals surface area contributed by atoms with Crippen molar-refractivity contribution in [1.29, 1.82) is 0 Å². The van der Waals surface area contributed by atoms with Gasteiger partial charge in [0.1, 0.15) is 0 Å². The fourth-order valence-electron chi connectivity index (χ4n) is 9.56. The number of aromatic nitrogens is 2. The van der Waals surface area contributed by atoms with Gasteiger partial charge in [-0.3, -0.25) is 0 Å². The first-order chi connectivity index (χ1) is 29.8. The Balaban J connectivity index is 1.01. The molecule has 10 aromatic carbocycles. The summed E-state index contributed by atoms with van der Waals surface area (Å²) < 4.78 is 4.86. The Morgan fingerprint density at radius 2 is 0.567 bits per heavy atom. The summed E-state index contributed by atoms with van der Waals surface area (Å²) in [5.41, 5.74) is 16.8. The van der Waals surface area contributed by atoms with Gasteiger partial charge in [-0.2, -0.15) is 0 Å². The Labute approximate surface area is 348 Å². The van der Waals surface area contributed by atoms with Crippen molar-refractivity contribution in [2.45, 2.75) is 0 Å². The van der Waals surface area contributed by atoms with Crippen molar-refractivity contribution < 1.29 is 0 Å². The van der Waals surface area contributed by atoms with Crippen molar-refractivity contribution in [3.8, 4) is 55.9 Å². The minimum Gasteiger partial charge on any atom is -0.309 e. The topological polar surface area (TPSA) is 9.86 Å². The molecular formula is C58H38N2. The predicted molar refractivity (Wildman–Crippen MR) is 254 cm³/mol. The van der Waals surface area contributed by atoms with Gasteiger partial charge >= 0.3 is 0 Å². The van der Waals surface area contributed by atoms with Crippen LogP contribution in [0.25, 0.3) is 110 Å². The maximum absolute atomic E-state index is 2.43. The lowest BCUT2D eigenvalue weighted by molar-refractivity contribution is 1.18. The second-order valence-corrected chi connectivity index (χ2v) is 15.7. The average Bonchev–Trinajstić information content (AvgIpc) is 3.84. The molecule has 0 saturated carbocycles. The summed E-state index contributed by atoms with van der Waals surface area (Å²) in [4.78, 5) is 0. The van der Waals surface area contributed by atoms with Crippen LogP contribution in [0.2, 0.25) is 0 Å². The number of hydrogen-bond acceptors (Lipinski definition) is 0. The van der Waals surface area contributed by atoms with Gasteiger partial charge in [0.15, 0.2) is 0 Å². The van der Waals surface area contributed by atoms with Crippen LogP contribution in [0.1, 0.15) is 0 Å². The van der Waals surface area contributed by atoms with Crippen LogP contribution in [0.5, 0.6) is 0 Å². The number of hydrogen-bond donors (Lipinski definition) is 0. The summed E-state index contributed by atoms with van der Waals surface area (Å²) in [5, 5.41) is 7.48. The summed E-state index contributed by atoms with van der Waals surface area (Å²) in [6, 6.07) is 84.2. The van der Waals surface area contributed by atoms with Crippen LogP contribution in [0, 0.1) is 0 Å². The third-order valence-corrected chi connectivity index (χ3v) is 12.3. The van der Waals surface area contributed by atoms with Gasteiger partial charge < -0.3 is 9.13 Å². The molecular weight excluding hydrogens is 725 g/mol. The highest BCUT2D eigenvalue weighted by molar-refractivity contribution is 6.13. The van der Waals surface area contributed by atoms with Crippen molar-refractivity contribution in [1.82, 2.24) is 9.13 Å². The first-order valence-electron chi connectivity index (χ1n) is 20.7. The third-order valence-electron chi connectivity index (χ3n) is 12.3. The van der Waals surface area contributed by atoms with Gasteiger partial charge in [0.2, 0.25) is 0 Å². The van der Waals surface area contributed by atoms with E-state index in [4.69, 9.17) is 0 Å². The van der Waals surface area contributed by atoms with Crippen molar-refractivity contribution in [3.63, 3.8) is 0 Å². The van der Waals surface area contributed by atoms with Crippen LogP contribution in [-0.2, 0) is 0 Å². The molecule has 0 saturated heterocycles. The van der Waals surface area contributed by atoms with E-state index in [1.807, 2.05) is 0 Å². The van der Waals surface area contributed by atoms with Crippen LogP contribution in [0.3, 0.4) is 0 Å². The van der Waals surface area contributed by atoms with E-state index in [0.717, 1.165) is 11.4 Å². The van der Waals surface area contributed by atoms with Crippen molar-refractivity contribution in [2.75, 3.05) is 0 Å². The zero-order valence-corrected chi connectivity index (χ0v) is 32.8. The Bertz CT molecular complexity index is 3350. The molecule has 12 aromatic rings. The molecule has 0 spiro atoms. The second kappa shape index (κ2) is 13.9. The standard InChI is InChI=1S/C58H38N2/c1-3-15-39(16-4-1)41-19-11-21-45(35-41)59-55-29-9-7-23-51(55)53-33-31-43(37-57(53)59)47-25-13-28-50-48(26-14-27-49(47)50)44-32-34-54-52-24-8-10-30-56(52)60(58(54)38-44)46-22-12-20-42(36-46)40-17-5-2-6-18-40/h1-38H. The van der Waals surface area contributed by atoms with Gasteiger partial charge in [0, 0.05) is 32.9 Å². The number of fused-ring (bicyclic) bond motifs is 7. The van der Waals surface area contributed by atoms with E-state index in [9.17, 15) is 0 Å². The van der Waals surface area contributed by atoms with E-state index in [-0.39, 0.29) is 0 Å². The first-order valence-corrected chi connectivity index (χ1v) is 20.7. The van der Waals surface area contributed by atoms with E-state index in [1.54, 1.807) is 0 Å². The van der Waals surface area contributed by atoms with Gasteiger partial charge in [0.05, 0.1) is 22.1 Å². The van der Waals surface area contributed by atoms with Crippen LogP contribution in [-0.4, -0.2) is 9.13 Å². The Hall–Kier alpha value is -7.94. The highest BCUT2D eigenvalue weighted by Gasteiger charge is 2.18. The zero-order valence-electron chi connectivity index (χ0n) is 32.8. The molecule has 2 heteroatoms. The fourth-order valence-corrected chi connectivity index (χ4v) is 9.56. The van der Waals surface area contributed by atoms with Crippen molar-refractivity contribution >= 4 is 54.4 Å². The van der Waals surface area contributed by atoms with Gasteiger partial charge in [-0.1, -0.05) is 182 Å². The number of nitrogens with zero attached hydrogens (tertiary/aromatic N) is 2. The highest BCUT2D eigenvalue weighted by atomic mass is 15.0. The Morgan fingerprint density at radius 3 is 1.03 bits per heavy atom. The molecule has 0 bridgehead atoms. The highest BCUT2D eigenvalue weighted by Crippen LogP contribution is 2.41. The lowest BCUT2D eigenvalue weighted by atomic mass is 9.92. The van der Waals surface area contributed by atoms with E-state index >= 15 is 0 Å². The van der Waals surface area contributed by atoms with E-state index in [0.29, 0.717) is 0 Å². The normalized spacial score (nSPS) is 11.7. The molecule has 0 aliphatic rings. The smallest absolute Gasteiger partial charge is 0.0547 e. The fraction of sp³-hybridized carbons (Fsp3) is 0. The minimum absolute atomic E-state index is 1.15. The number of benzene rings is 10. The summed E-state index contributed by atoms with van der Waals surface area (Å²) >= 11 is 0. The Morgan fingerprint density at radius 1 is 0.200 bits per heavy atom. The largest absolute Gasteiger partial charge is 0.309 e. The minimum atomic E-state index is 1.15. The van der Waals surface area contributed by atoms with Gasteiger partial charge in [-0.25, -0.2) is 0 Å². The quantitative estimate of drug-likeness (QED) is 0.160. The molecule has 0 unspecified atom stereocenters. The van der Waals surface area contributed by atoms with Gasteiger partial charge in [-0.15, -0.1) is 0 Å². The second-order valence-electron chi connectivity index (χ2n) is 15.7. The Kier molecular flexibility index (Phi) is 7.89. The first kappa shape index (κ1) is 34.1. The molecule has 0 atom stereocenters. The van der Waals surface area contributed by atoms with Crippen molar-refractivity contribution in [3.05, 3.63) is 231 Å². The average molecular weight is 763 g/mol. The molecule has 0 aliphatic carbocycles. The van der Waals surface area contributed by atoms with E-state index in [2.05, 4.69) is 240 Å². The van der Waals surface area contributed by atoms with Crippen LogP contribution in [0.15, 0.2) is 231 Å². The molecule has 2 aromatic heterocycles. The molecule has 60 heavy (non-hydrogen) atoms. The lowest BCUT2D eigenvalue weighted by Crippen LogP contribution is -1.95. The molecule has 0 fully saturated rings. The summed E-state index contributed by atoms with van der Waals surface area (Å²) in [7, 11) is 0. The molecule has 280 valence electrons.